The van der Waals surface area contributed by atoms with Gasteiger partial charge in [-0.15, -0.1) is 0 Å². The lowest BCUT2D eigenvalue weighted by Crippen LogP contribution is -2.15. The minimum atomic E-state index is -0.246. The SMILES string of the molecule is O=C(CCc1ccc(F)cc1)Nc1cccc2c1CCCC2. The molecule has 114 valence electrons. The van der Waals surface area contributed by atoms with Gasteiger partial charge in [-0.1, -0.05) is 24.3 Å². The summed E-state index contributed by atoms with van der Waals surface area (Å²) in [6.07, 6.45) is 5.61. The molecular weight excluding hydrogens is 277 g/mol. The molecule has 0 bridgehead atoms. The van der Waals surface area contributed by atoms with E-state index in [1.165, 1.54) is 36.1 Å². The molecule has 1 amide bonds. The first-order valence-corrected chi connectivity index (χ1v) is 7.87. The number of hydrogen-bond acceptors (Lipinski definition) is 1. The quantitative estimate of drug-likeness (QED) is 0.897. The Kier molecular flexibility index (Phi) is 4.52. The summed E-state index contributed by atoms with van der Waals surface area (Å²) in [7, 11) is 0. The number of halogens is 1. The number of fused-ring (bicyclic) bond motifs is 1. The average molecular weight is 297 g/mol. The maximum Gasteiger partial charge on any atom is 0.224 e. The van der Waals surface area contributed by atoms with E-state index in [-0.39, 0.29) is 11.7 Å². The van der Waals surface area contributed by atoms with Gasteiger partial charge in [0.15, 0.2) is 0 Å². The largest absolute Gasteiger partial charge is 0.326 e. The van der Waals surface area contributed by atoms with Crippen molar-refractivity contribution in [3.05, 3.63) is 65.0 Å². The van der Waals surface area contributed by atoms with Crippen LogP contribution in [-0.2, 0) is 24.1 Å². The van der Waals surface area contributed by atoms with Crippen LogP contribution in [0.1, 0.15) is 36.0 Å². The molecule has 0 atom stereocenters. The van der Waals surface area contributed by atoms with Crippen LogP contribution in [0, 0.1) is 5.82 Å². The van der Waals surface area contributed by atoms with Crippen LogP contribution in [0.15, 0.2) is 42.5 Å². The molecule has 22 heavy (non-hydrogen) atoms. The zero-order chi connectivity index (χ0) is 15.4. The van der Waals surface area contributed by atoms with Crippen LogP contribution >= 0.6 is 0 Å². The fraction of sp³-hybridized carbons (Fsp3) is 0.316. The Bertz CT molecular complexity index is 664. The number of nitrogens with one attached hydrogen (secondary N) is 1. The molecule has 3 heteroatoms. The smallest absolute Gasteiger partial charge is 0.224 e. The predicted octanol–water partition coefficient (Wildman–Crippen LogP) is 4.28. The maximum absolute atomic E-state index is 12.9. The van der Waals surface area contributed by atoms with Crippen molar-refractivity contribution in [3.8, 4) is 0 Å². The molecule has 0 aromatic heterocycles. The second kappa shape index (κ2) is 6.73. The van der Waals surface area contributed by atoms with Crippen molar-refractivity contribution in [1.82, 2.24) is 0 Å². The van der Waals surface area contributed by atoms with Gasteiger partial charge in [-0.3, -0.25) is 4.79 Å². The minimum Gasteiger partial charge on any atom is -0.326 e. The zero-order valence-electron chi connectivity index (χ0n) is 12.6. The Balaban J connectivity index is 1.61. The first-order valence-electron chi connectivity index (χ1n) is 7.87. The maximum atomic E-state index is 12.9. The van der Waals surface area contributed by atoms with E-state index >= 15 is 0 Å². The summed E-state index contributed by atoms with van der Waals surface area (Å²) >= 11 is 0. The third kappa shape index (κ3) is 3.53. The molecule has 0 radical (unpaired) electrons. The van der Waals surface area contributed by atoms with E-state index < -0.39 is 0 Å². The van der Waals surface area contributed by atoms with Crippen LogP contribution in [0.5, 0.6) is 0 Å². The second-order valence-electron chi connectivity index (χ2n) is 5.82. The first kappa shape index (κ1) is 14.8. The Hall–Kier alpha value is -2.16. The third-order valence-electron chi connectivity index (χ3n) is 4.22. The van der Waals surface area contributed by atoms with E-state index in [0.717, 1.165) is 24.1 Å². The van der Waals surface area contributed by atoms with E-state index in [9.17, 15) is 9.18 Å². The van der Waals surface area contributed by atoms with Gasteiger partial charge in [0.1, 0.15) is 5.82 Å². The van der Waals surface area contributed by atoms with Gasteiger partial charge in [0.05, 0.1) is 0 Å². The summed E-state index contributed by atoms with van der Waals surface area (Å²) in [5.41, 5.74) is 4.60. The van der Waals surface area contributed by atoms with Gasteiger partial charge in [-0.25, -0.2) is 4.39 Å². The second-order valence-corrected chi connectivity index (χ2v) is 5.82. The lowest BCUT2D eigenvalue weighted by molar-refractivity contribution is -0.116. The highest BCUT2D eigenvalue weighted by atomic mass is 19.1. The molecule has 0 saturated carbocycles. The molecule has 0 unspecified atom stereocenters. The van der Waals surface area contributed by atoms with Crippen LogP contribution in [0.3, 0.4) is 0 Å². The zero-order valence-corrected chi connectivity index (χ0v) is 12.6. The lowest BCUT2D eigenvalue weighted by Gasteiger charge is -2.19. The minimum absolute atomic E-state index is 0.0169. The summed E-state index contributed by atoms with van der Waals surface area (Å²) < 4.78 is 12.9. The number of anilines is 1. The average Bonchev–Trinajstić information content (AvgIpc) is 2.55. The van der Waals surface area contributed by atoms with Gasteiger partial charge in [-0.2, -0.15) is 0 Å². The molecule has 0 saturated heterocycles. The van der Waals surface area contributed by atoms with Crippen molar-refractivity contribution < 1.29 is 9.18 Å². The van der Waals surface area contributed by atoms with Gasteiger partial charge in [0, 0.05) is 12.1 Å². The number of carbonyl (C=O) groups is 1. The van der Waals surface area contributed by atoms with Crippen LogP contribution in [0.4, 0.5) is 10.1 Å². The standard InChI is InChI=1S/C19H20FNO/c20-16-11-8-14(9-12-16)10-13-19(22)21-18-7-3-5-15-4-1-2-6-17(15)18/h3,5,7-9,11-12H,1-2,4,6,10,13H2,(H,21,22). The summed E-state index contributed by atoms with van der Waals surface area (Å²) in [5, 5.41) is 3.04. The van der Waals surface area contributed by atoms with Gasteiger partial charge in [0.2, 0.25) is 5.91 Å². The van der Waals surface area contributed by atoms with E-state index in [4.69, 9.17) is 0 Å². The number of carbonyl (C=O) groups excluding carboxylic acids is 1. The van der Waals surface area contributed by atoms with Gasteiger partial charge in [0.25, 0.3) is 0 Å². The van der Waals surface area contributed by atoms with E-state index in [1.54, 1.807) is 12.1 Å². The van der Waals surface area contributed by atoms with Crippen molar-refractivity contribution in [2.75, 3.05) is 5.32 Å². The normalized spacial score (nSPS) is 13.5. The van der Waals surface area contributed by atoms with E-state index in [2.05, 4.69) is 11.4 Å². The summed E-state index contributed by atoms with van der Waals surface area (Å²) in [4.78, 5) is 12.2. The Morgan fingerprint density at radius 2 is 1.82 bits per heavy atom. The fourth-order valence-corrected chi connectivity index (χ4v) is 3.02. The number of rotatable bonds is 4. The molecule has 0 aliphatic heterocycles. The Morgan fingerprint density at radius 3 is 2.64 bits per heavy atom. The van der Waals surface area contributed by atoms with Gasteiger partial charge >= 0.3 is 0 Å². The van der Waals surface area contributed by atoms with E-state index in [0.29, 0.717) is 12.8 Å². The molecule has 1 aliphatic rings. The van der Waals surface area contributed by atoms with Crippen molar-refractivity contribution >= 4 is 11.6 Å². The third-order valence-corrected chi connectivity index (χ3v) is 4.22. The highest BCUT2D eigenvalue weighted by Gasteiger charge is 2.14. The number of amides is 1. The van der Waals surface area contributed by atoms with Gasteiger partial charge < -0.3 is 5.32 Å². The molecule has 2 aromatic carbocycles. The molecule has 0 heterocycles. The molecule has 1 aliphatic carbocycles. The van der Waals surface area contributed by atoms with Crippen molar-refractivity contribution in [3.63, 3.8) is 0 Å². The monoisotopic (exact) mass is 297 g/mol. The number of hydrogen-bond donors (Lipinski definition) is 1. The van der Waals surface area contributed by atoms with Crippen LogP contribution in [0.2, 0.25) is 0 Å². The molecule has 1 N–H and O–H groups in total. The van der Waals surface area contributed by atoms with Crippen molar-refractivity contribution in [2.24, 2.45) is 0 Å². The first-order chi connectivity index (χ1) is 10.7. The van der Waals surface area contributed by atoms with Crippen LogP contribution in [0.25, 0.3) is 0 Å². The lowest BCUT2D eigenvalue weighted by atomic mass is 9.90. The molecular formula is C19H20FNO. The molecule has 2 nitrogen and oxygen atoms in total. The molecule has 3 rings (SSSR count). The molecule has 0 spiro atoms. The van der Waals surface area contributed by atoms with Gasteiger partial charge in [-0.05, 0) is 67.0 Å². The van der Waals surface area contributed by atoms with Crippen molar-refractivity contribution in [1.29, 1.82) is 0 Å². The number of benzene rings is 2. The topological polar surface area (TPSA) is 29.1 Å². The summed E-state index contributed by atoms with van der Waals surface area (Å²) in [6.45, 7) is 0. The van der Waals surface area contributed by atoms with E-state index in [1.807, 2.05) is 12.1 Å². The summed E-state index contributed by atoms with van der Waals surface area (Å²) in [5.74, 6) is -0.229. The Labute approximate surface area is 130 Å². The highest BCUT2D eigenvalue weighted by molar-refractivity contribution is 5.91. The Morgan fingerprint density at radius 1 is 1.05 bits per heavy atom. The highest BCUT2D eigenvalue weighted by Crippen LogP contribution is 2.27. The molecule has 2 aromatic rings. The predicted molar refractivity (Wildman–Crippen MR) is 86.4 cm³/mol. The summed E-state index contributed by atoms with van der Waals surface area (Å²) in [6, 6.07) is 12.5. The van der Waals surface area contributed by atoms with Crippen LogP contribution < -0.4 is 5.32 Å². The molecule has 0 fully saturated rings. The van der Waals surface area contributed by atoms with Crippen LogP contribution in [-0.4, -0.2) is 5.91 Å². The number of aryl methyl sites for hydroxylation is 2. The fourth-order valence-electron chi connectivity index (χ4n) is 3.02. The van der Waals surface area contributed by atoms with Crippen molar-refractivity contribution in [2.45, 2.75) is 38.5 Å².